The molecule has 1 aromatic heterocycles. The summed E-state index contributed by atoms with van der Waals surface area (Å²) < 4.78 is 0. The molecule has 1 N–H and O–H groups in total. The van der Waals surface area contributed by atoms with Crippen LogP contribution in [0.2, 0.25) is 0 Å². The van der Waals surface area contributed by atoms with Crippen LogP contribution < -0.4 is 15.1 Å². The first kappa shape index (κ1) is 18.8. The highest BCUT2D eigenvalue weighted by molar-refractivity contribution is 5.92. The molecule has 5 nitrogen and oxygen atoms in total. The molecule has 0 radical (unpaired) electrons. The fourth-order valence-corrected chi connectivity index (χ4v) is 4.27. The predicted octanol–water partition coefficient (Wildman–Crippen LogP) is 4.24. The predicted molar refractivity (Wildman–Crippen MR) is 115 cm³/mol. The number of hydrogen-bond acceptors (Lipinski definition) is 4. The van der Waals surface area contributed by atoms with Gasteiger partial charge in [0, 0.05) is 37.8 Å². The Kier molecular flexibility index (Phi) is 5.79. The molecule has 2 heterocycles. The van der Waals surface area contributed by atoms with E-state index in [4.69, 9.17) is 0 Å². The number of nitrogens with zero attached hydrogens (tertiary/aromatic N) is 3. The molecule has 0 bridgehead atoms. The van der Waals surface area contributed by atoms with Crippen molar-refractivity contribution >= 4 is 23.1 Å². The molecule has 4 rings (SSSR count). The van der Waals surface area contributed by atoms with E-state index in [1.165, 1.54) is 30.5 Å². The van der Waals surface area contributed by atoms with Crippen LogP contribution in [-0.2, 0) is 4.79 Å². The zero-order chi connectivity index (χ0) is 19.3. The zero-order valence-corrected chi connectivity index (χ0v) is 16.7. The van der Waals surface area contributed by atoms with E-state index < -0.39 is 0 Å². The molecule has 0 spiro atoms. The first-order valence-corrected chi connectivity index (χ1v) is 10.5. The van der Waals surface area contributed by atoms with Crippen LogP contribution >= 0.6 is 0 Å². The first-order valence-electron chi connectivity index (χ1n) is 10.5. The van der Waals surface area contributed by atoms with Crippen molar-refractivity contribution in [3.05, 3.63) is 48.2 Å². The third kappa shape index (κ3) is 4.46. The molecule has 28 heavy (non-hydrogen) atoms. The molecule has 1 saturated heterocycles. The summed E-state index contributed by atoms with van der Waals surface area (Å²) >= 11 is 0. The van der Waals surface area contributed by atoms with Gasteiger partial charge in [-0.2, -0.15) is 0 Å². The van der Waals surface area contributed by atoms with Crippen LogP contribution in [0.3, 0.4) is 0 Å². The van der Waals surface area contributed by atoms with Crippen LogP contribution in [-0.4, -0.2) is 37.1 Å². The van der Waals surface area contributed by atoms with E-state index in [1.54, 1.807) is 6.20 Å². The summed E-state index contributed by atoms with van der Waals surface area (Å²) in [7, 11) is 0. The van der Waals surface area contributed by atoms with Crippen LogP contribution in [0.1, 0.15) is 37.7 Å². The van der Waals surface area contributed by atoms with Crippen LogP contribution in [0.5, 0.6) is 0 Å². The summed E-state index contributed by atoms with van der Waals surface area (Å²) in [6, 6.07) is 12.7. The van der Waals surface area contributed by atoms with Gasteiger partial charge in [0.25, 0.3) is 0 Å². The number of benzene rings is 1. The molecule has 1 amide bonds. The Bertz CT molecular complexity index is 791. The third-order valence-electron chi connectivity index (χ3n) is 5.96. The van der Waals surface area contributed by atoms with Gasteiger partial charge in [0.15, 0.2) is 0 Å². The molecule has 1 saturated carbocycles. The number of amides is 1. The summed E-state index contributed by atoms with van der Waals surface area (Å²) in [5, 5.41) is 3.05. The lowest BCUT2D eigenvalue weighted by molar-refractivity contribution is -0.120. The van der Waals surface area contributed by atoms with Crippen LogP contribution in [0.25, 0.3) is 0 Å². The second-order valence-corrected chi connectivity index (χ2v) is 8.04. The van der Waals surface area contributed by atoms with Gasteiger partial charge in [0.05, 0.1) is 11.9 Å². The summed E-state index contributed by atoms with van der Waals surface area (Å²) in [4.78, 5) is 21.8. The van der Waals surface area contributed by atoms with E-state index in [9.17, 15) is 4.79 Å². The normalized spacial score (nSPS) is 18.2. The maximum atomic E-state index is 12.4. The Morgan fingerprint density at radius 2 is 1.75 bits per heavy atom. The molecular weight excluding hydrogens is 348 g/mol. The van der Waals surface area contributed by atoms with Crippen molar-refractivity contribution in [3.63, 3.8) is 0 Å². The summed E-state index contributed by atoms with van der Waals surface area (Å²) in [6.45, 7) is 6.03. The Balaban J connectivity index is 1.31. The Labute approximate surface area is 167 Å². The second kappa shape index (κ2) is 8.63. The lowest BCUT2D eigenvalue weighted by Gasteiger charge is -2.36. The van der Waals surface area contributed by atoms with Gasteiger partial charge in [0.2, 0.25) is 5.91 Å². The minimum atomic E-state index is 0.154. The summed E-state index contributed by atoms with van der Waals surface area (Å²) in [5.41, 5.74) is 3.40. The molecule has 2 fully saturated rings. The maximum absolute atomic E-state index is 12.4. The smallest absolute Gasteiger partial charge is 0.227 e. The molecule has 148 valence electrons. The highest BCUT2D eigenvalue weighted by Gasteiger charge is 2.22. The van der Waals surface area contributed by atoms with Gasteiger partial charge in [-0.05, 0) is 49.6 Å². The summed E-state index contributed by atoms with van der Waals surface area (Å²) in [6.07, 6.45) is 7.43. The number of pyridine rings is 1. The summed E-state index contributed by atoms with van der Waals surface area (Å²) in [5.74, 6) is 1.31. The van der Waals surface area contributed by atoms with Gasteiger partial charge in [-0.25, -0.2) is 4.98 Å². The average molecular weight is 379 g/mol. The van der Waals surface area contributed by atoms with Crippen molar-refractivity contribution in [2.24, 2.45) is 5.92 Å². The third-order valence-corrected chi connectivity index (χ3v) is 5.96. The molecule has 0 unspecified atom stereocenters. The number of aromatic nitrogens is 1. The lowest BCUT2D eigenvalue weighted by Crippen LogP contribution is -2.46. The van der Waals surface area contributed by atoms with Gasteiger partial charge in [0.1, 0.15) is 5.82 Å². The molecule has 0 atom stereocenters. The van der Waals surface area contributed by atoms with Crippen molar-refractivity contribution in [1.29, 1.82) is 0 Å². The van der Waals surface area contributed by atoms with Crippen molar-refractivity contribution in [2.45, 2.75) is 39.0 Å². The molecule has 5 heteroatoms. The topological polar surface area (TPSA) is 48.5 Å². The van der Waals surface area contributed by atoms with E-state index in [1.807, 2.05) is 12.1 Å². The van der Waals surface area contributed by atoms with Gasteiger partial charge in [-0.15, -0.1) is 0 Å². The minimum Gasteiger partial charge on any atom is -0.368 e. The Hall–Kier alpha value is -2.56. The molecule has 1 aromatic carbocycles. The van der Waals surface area contributed by atoms with Gasteiger partial charge in [-0.3, -0.25) is 4.79 Å². The van der Waals surface area contributed by atoms with E-state index >= 15 is 0 Å². The molecule has 2 aromatic rings. The fraction of sp³-hybridized carbons (Fsp3) is 0.478. The number of anilines is 3. The minimum absolute atomic E-state index is 0.154. The number of carbonyl (C=O) groups excluding carboxylic acids is 1. The number of carbonyl (C=O) groups is 1. The SMILES string of the molecule is Cc1cccc(N2CCN(c3ccc(NC(=O)C4CCCCC4)cn3)CC2)c1. The van der Waals surface area contributed by atoms with Crippen LogP contribution in [0.15, 0.2) is 42.6 Å². The highest BCUT2D eigenvalue weighted by Crippen LogP contribution is 2.25. The first-order chi connectivity index (χ1) is 13.7. The van der Waals surface area contributed by atoms with E-state index in [0.29, 0.717) is 0 Å². The fourth-order valence-electron chi connectivity index (χ4n) is 4.27. The van der Waals surface area contributed by atoms with Gasteiger partial charge >= 0.3 is 0 Å². The van der Waals surface area contributed by atoms with Crippen molar-refractivity contribution in [2.75, 3.05) is 41.3 Å². The number of nitrogens with one attached hydrogen (secondary N) is 1. The van der Waals surface area contributed by atoms with E-state index in [2.05, 4.69) is 51.3 Å². The van der Waals surface area contributed by atoms with E-state index in [0.717, 1.165) is 50.5 Å². The van der Waals surface area contributed by atoms with Gasteiger partial charge in [-0.1, -0.05) is 31.4 Å². The molecular formula is C23H30N4O. The average Bonchev–Trinajstić information content (AvgIpc) is 2.75. The van der Waals surface area contributed by atoms with Crippen LogP contribution in [0, 0.1) is 12.8 Å². The molecule has 1 aliphatic carbocycles. The van der Waals surface area contributed by atoms with Crippen LogP contribution in [0.4, 0.5) is 17.2 Å². The van der Waals surface area contributed by atoms with E-state index in [-0.39, 0.29) is 11.8 Å². The highest BCUT2D eigenvalue weighted by atomic mass is 16.1. The van der Waals surface area contributed by atoms with Crippen molar-refractivity contribution in [1.82, 2.24) is 4.98 Å². The lowest BCUT2D eigenvalue weighted by atomic mass is 9.88. The second-order valence-electron chi connectivity index (χ2n) is 8.04. The van der Waals surface area contributed by atoms with Gasteiger partial charge < -0.3 is 15.1 Å². The Morgan fingerprint density at radius 3 is 2.43 bits per heavy atom. The zero-order valence-electron chi connectivity index (χ0n) is 16.7. The monoisotopic (exact) mass is 378 g/mol. The number of rotatable bonds is 4. The quantitative estimate of drug-likeness (QED) is 0.865. The number of hydrogen-bond donors (Lipinski definition) is 1. The Morgan fingerprint density at radius 1 is 1.00 bits per heavy atom. The molecule has 1 aliphatic heterocycles. The molecule has 2 aliphatic rings. The standard InChI is InChI=1S/C23H30N4O/c1-18-6-5-9-21(16-18)26-12-14-27(15-13-26)22-11-10-20(17-24-22)25-23(28)19-7-3-2-4-8-19/h5-6,9-11,16-17,19H,2-4,7-8,12-15H2,1H3,(H,25,28). The largest absolute Gasteiger partial charge is 0.368 e. The maximum Gasteiger partial charge on any atom is 0.227 e. The van der Waals surface area contributed by atoms with Crippen molar-refractivity contribution < 1.29 is 4.79 Å². The number of aryl methyl sites for hydroxylation is 1. The number of piperazine rings is 1. The van der Waals surface area contributed by atoms with Crippen molar-refractivity contribution in [3.8, 4) is 0 Å².